The van der Waals surface area contributed by atoms with Crippen LogP contribution in [0.15, 0.2) is 42.7 Å². The van der Waals surface area contributed by atoms with Crippen LogP contribution < -0.4 is 10.1 Å². The van der Waals surface area contributed by atoms with Gasteiger partial charge >= 0.3 is 0 Å². The molecule has 0 radical (unpaired) electrons. The van der Waals surface area contributed by atoms with Gasteiger partial charge in [0.15, 0.2) is 11.3 Å². The standard InChI is InChI=1S/C20H20N6O2/c1-12-5-6-18(28-4)15(9-12)23-20(27)16-10-19-21-8-7-17(26(19)24-16)14-11-22-25(3)13(14)2/h5-11H,1-4H3,(H,23,27). The topological polar surface area (TPSA) is 86.3 Å². The molecule has 4 rings (SSSR count). The summed E-state index contributed by atoms with van der Waals surface area (Å²) in [4.78, 5) is 17.1. The zero-order valence-corrected chi connectivity index (χ0v) is 16.1. The Morgan fingerprint density at radius 3 is 2.71 bits per heavy atom. The average molecular weight is 376 g/mol. The van der Waals surface area contributed by atoms with Crippen molar-refractivity contribution in [2.75, 3.05) is 12.4 Å². The van der Waals surface area contributed by atoms with Gasteiger partial charge in [0, 0.05) is 30.6 Å². The van der Waals surface area contributed by atoms with Gasteiger partial charge in [0.2, 0.25) is 0 Å². The smallest absolute Gasteiger partial charge is 0.276 e. The Morgan fingerprint density at radius 2 is 2.00 bits per heavy atom. The third-order valence-corrected chi connectivity index (χ3v) is 4.70. The molecule has 0 aliphatic heterocycles. The number of aryl methyl sites for hydroxylation is 2. The van der Waals surface area contributed by atoms with E-state index in [0.717, 1.165) is 22.5 Å². The number of nitrogens with zero attached hydrogens (tertiary/aromatic N) is 5. The van der Waals surface area contributed by atoms with Crippen molar-refractivity contribution in [1.82, 2.24) is 24.4 Å². The molecule has 0 saturated carbocycles. The highest BCUT2D eigenvalue weighted by Crippen LogP contribution is 2.26. The van der Waals surface area contributed by atoms with Gasteiger partial charge in [-0.3, -0.25) is 9.48 Å². The zero-order valence-electron chi connectivity index (χ0n) is 16.1. The molecule has 0 bridgehead atoms. The molecule has 142 valence electrons. The van der Waals surface area contributed by atoms with Crippen molar-refractivity contribution in [1.29, 1.82) is 0 Å². The molecular weight excluding hydrogens is 356 g/mol. The van der Waals surface area contributed by atoms with Gasteiger partial charge in [-0.25, -0.2) is 9.50 Å². The summed E-state index contributed by atoms with van der Waals surface area (Å²) in [5.41, 5.74) is 5.22. The fraction of sp³-hybridized carbons (Fsp3) is 0.200. The summed E-state index contributed by atoms with van der Waals surface area (Å²) in [6, 6.07) is 9.11. The van der Waals surface area contributed by atoms with E-state index in [-0.39, 0.29) is 11.6 Å². The number of amides is 1. The lowest BCUT2D eigenvalue weighted by atomic mass is 10.2. The molecule has 0 atom stereocenters. The minimum atomic E-state index is -0.330. The Kier molecular flexibility index (Phi) is 4.31. The number of rotatable bonds is 4. The Hall–Kier alpha value is -3.68. The van der Waals surface area contributed by atoms with E-state index in [4.69, 9.17) is 4.74 Å². The van der Waals surface area contributed by atoms with Crippen LogP contribution in [0.5, 0.6) is 5.75 Å². The van der Waals surface area contributed by atoms with Gasteiger partial charge in [-0.2, -0.15) is 10.2 Å². The Labute approximate surface area is 161 Å². The number of nitrogens with one attached hydrogen (secondary N) is 1. The predicted molar refractivity (Wildman–Crippen MR) is 106 cm³/mol. The summed E-state index contributed by atoms with van der Waals surface area (Å²) in [6.45, 7) is 3.93. The number of carbonyl (C=O) groups excluding carboxylic acids is 1. The summed E-state index contributed by atoms with van der Waals surface area (Å²) in [6.07, 6.45) is 3.48. The SMILES string of the molecule is COc1ccc(C)cc1NC(=O)c1cc2nccc(-c3cnn(C)c3C)n2n1. The molecule has 28 heavy (non-hydrogen) atoms. The zero-order chi connectivity index (χ0) is 19.8. The van der Waals surface area contributed by atoms with Gasteiger partial charge in [-0.05, 0) is 37.6 Å². The second kappa shape index (κ2) is 6.80. The van der Waals surface area contributed by atoms with Crippen molar-refractivity contribution in [3.63, 3.8) is 0 Å². The molecule has 4 aromatic rings. The first kappa shape index (κ1) is 17.7. The van der Waals surface area contributed by atoms with E-state index in [1.165, 1.54) is 0 Å². The van der Waals surface area contributed by atoms with E-state index >= 15 is 0 Å². The first-order valence-corrected chi connectivity index (χ1v) is 8.77. The van der Waals surface area contributed by atoms with Gasteiger partial charge in [0.05, 0.1) is 24.7 Å². The number of hydrogen-bond donors (Lipinski definition) is 1. The van der Waals surface area contributed by atoms with Crippen LogP contribution in [0, 0.1) is 13.8 Å². The summed E-state index contributed by atoms with van der Waals surface area (Å²) in [5.74, 6) is 0.260. The maximum Gasteiger partial charge on any atom is 0.276 e. The Morgan fingerprint density at radius 1 is 1.18 bits per heavy atom. The van der Waals surface area contributed by atoms with Crippen molar-refractivity contribution in [3.8, 4) is 17.0 Å². The van der Waals surface area contributed by atoms with E-state index < -0.39 is 0 Å². The lowest BCUT2D eigenvalue weighted by Gasteiger charge is -2.10. The lowest BCUT2D eigenvalue weighted by molar-refractivity contribution is 0.102. The molecule has 0 spiro atoms. The number of fused-ring (bicyclic) bond motifs is 1. The van der Waals surface area contributed by atoms with Gasteiger partial charge in [-0.1, -0.05) is 6.07 Å². The fourth-order valence-corrected chi connectivity index (χ4v) is 3.07. The van der Waals surface area contributed by atoms with Crippen LogP contribution in [-0.2, 0) is 7.05 Å². The maximum atomic E-state index is 12.8. The number of methoxy groups -OCH3 is 1. The van der Waals surface area contributed by atoms with Crippen LogP contribution in [0.4, 0.5) is 5.69 Å². The van der Waals surface area contributed by atoms with E-state index in [2.05, 4.69) is 20.5 Å². The highest BCUT2D eigenvalue weighted by Gasteiger charge is 2.17. The number of hydrogen-bond acceptors (Lipinski definition) is 5. The predicted octanol–water partition coefficient (Wildman–Crippen LogP) is 3.01. The van der Waals surface area contributed by atoms with Gasteiger partial charge in [0.25, 0.3) is 5.91 Å². The summed E-state index contributed by atoms with van der Waals surface area (Å²) in [5, 5.41) is 11.6. The number of anilines is 1. The summed E-state index contributed by atoms with van der Waals surface area (Å²) < 4.78 is 8.78. The number of aromatic nitrogens is 5. The molecule has 1 aromatic carbocycles. The van der Waals surface area contributed by atoms with E-state index in [1.807, 2.05) is 45.2 Å². The van der Waals surface area contributed by atoms with Gasteiger partial charge < -0.3 is 10.1 Å². The highest BCUT2D eigenvalue weighted by molar-refractivity contribution is 6.04. The molecular formula is C20H20N6O2. The van der Waals surface area contributed by atoms with Crippen LogP contribution in [0.3, 0.4) is 0 Å². The Bertz CT molecular complexity index is 1190. The molecule has 3 heterocycles. The van der Waals surface area contributed by atoms with E-state index in [1.54, 1.807) is 34.8 Å². The maximum absolute atomic E-state index is 12.8. The quantitative estimate of drug-likeness (QED) is 0.592. The normalized spacial score (nSPS) is 11.0. The first-order valence-electron chi connectivity index (χ1n) is 8.77. The number of carbonyl (C=O) groups is 1. The monoisotopic (exact) mass is 376 g/mol. The van der Waals surface area contributed by atoms with Crippen LogP contribution in [0.1, 0.15) is 21.7 Å². The van der Waals surface area contributed by atoms with Crippen LogP contribution in [-0.4, -0.2) is 37.4 Å². The third kappa shape index (κ3) is 2.98. The van der Waals surface area contributed by atoms with Crippen molar-refractivity contribution in [2.45, 2.75) is 13.8 Å². The minimum Gasteiger partial charge on any atom is -0.495 e. The van der Waals surface area contributed by atoms with Crippen LogP contribution >= 0.6 is 0 Å². The first-order chi connectivity index (χ1) is 13.5. The van der Waals surface area contributed by atoms with Crippen LogP contribution in [0.2, 0.25) is 0 Å². The number of ether oxygens (including phenoxy) is 1. The van der Waals surface area contributed by atoms with Crippen molar-refractivity contribution >= 4 is 17.2 Å². The van der Waals surface area contributed by atoms with E-state index in [0.29, 0.717) is 17.1 Å². The molecule has 0 aliphatic carbocycles. The molecule has 0 aliphatic rings. The summed E-state index contributed by atoms with van der Waals surface area (Å²) in [7, 11) is 3.45. The molecule has 0 unspecified atom stereocenters. The average Bonchev–Trinajstić information content (AvgIpc) is 3.26. The molecule has 3 aromatic heterocycles. The van der Waals surface area contributed by atoms with Crippen molar-refractivity contribution < 1.29 is 9.53 Å². The van der Waals surface area contributed by atoms with E-state index in [9.17, 15) is 4.79 Å². The van der Waals surface area contributed by atoms with Crippen molar-refractivity contribution in [2.24, 2.45) is 7.05 Å². The fourth-order valence-electron chi connectivity index (χ4n) is 3.07. The second-order valence-corrected chi connectivity index (χ2v) is 6.55. The molecule has 0 saturated heterocycles. The molecule has 0 fully saturated rings. The minimum absolute atomic E-state index is 0.269. The molecule has 1 N–H and O–H groups in total. The third-order valence-electron chi connectivity index (χ3n) is 4.70. The summed E-state index contributed by atoms with van der Waals surface area (Å²) >= 11 is 0. The van der Waals surface area contributed by atoms with Gasteiger partial charge in [-0.15, -0.1) is 0 Å². The molecule has 1 amide bonds. The van der Waals surface area contributed by atoms with Crippen LogP contribution in [0.25, 0.3) is 16.9 Å². The van der Waals surface area contributed by atoms with Gasteiger partial charge in [0.1, 0.15) is 5.75 Å². The number of benzene rings is 1. The largest absolute Gasteiger partial charge is 0.495 e. The Balaban J connectivity index is 1.73. The molecule has 8 nitrogen and oxygen atoms in total. The second-order valence-electron chi connectivity index (χ2n) is 6.55. The molecule has 8 heteroatoms. The highest BCUT2D eigenvalue weighted by atomic mass is 16.5. The lowest BCUT2D eigenvalue weighted by Crippen LogP contribution is -2.13. The van der Waals surface area contributed by atoms with Crippen molar-refractivity contribution in [3.05, 3.63) is 59.7 Å².